The number of aromatic nitrogens is 4. The SMILES string of the molecule is N#Cc1cnn(C[C@@H](O)C(=O)OCc2ccccc2)c1.N#Cc1cnn(C[C@@H](OC(=O)Nc2c3c(cc4c2CCC4)CCC3)C(=O)OCc2ccccc2)c1.O=C(OCc1ccccc1)[C@H]1CO1. The molecule has 3 heterocycles. The minimum atomic E-state index is -1.31. The Hall–Kier alpha value is -8.12. The first kappa shape index (κ1) is 47.8. The summed E-state index contributed by atoms with van der Waals surface area (Å²) >= 11 is 0. The van der Waals surface area contributed by atoms with E-state index in [4.69, 9.17) is 34.2 Å². The molecule has 0 bridgehead atoms. The number of hydrogen-bond acceptors (Lipinski definition) is 14. The van der Waals surface area contributed by atoms with Crippen LogP contribution in [0, 0.1) is 22.7 Å². The first-order valence-electron chi connectivity index (χ1n) is 22.1. The van der Waals surface area contributed by atoms with Crippen LogP contribution in [0.25, 0.3) is 0 Å². The highest BCUT2D eigenvalue weighted by Gasteiger charge is 2.33. The second-order valence-corrected chi connectivity index (χ2v) is 16.0. The Morgan fingerprint density at radius 2 is 1.16 bits per heavy atom. The van der Waals surface area contributed by atoms with Crippen LogP contribution in [0.2, 0.25) is 0 Å². The van der Waals surface area contributed by atoms with Gasteiger partial charge in [-0.2, -0.15) is 20.7 Å². The number of benzene rings is 4. The van der Waals surface area contributed by atoms with Crippen molar-refractivity contribution in [2.45, 2.75) is 89.7 Å². The van der Waals surface area contributed by atoms with Gasteiger partial charge in [-0.1, -0.05) is 97.1 Å². The van der Waals surface area contributed by atoms with Gasteiger partial charge in [-0.15, -0.1) is 0 Å². The number of esters is 3. The van der Waals surface area contributed by atoms with E-state index in [-0.39, 0.29) is 38.4 Å². The maximum atomic E-state index is 13.0. The Kier molecular flexibility index (Phi) is 16.8. The third-order valence-electron chi connectivity index (χ3n) is 11.0. The number of aliphatic hydroxyl groups is 1. The number of ether oxygens (including phenoxy) is 5. The van der Waals surface area contributed by atoms with Gasteiger partial charge in [0.1, 0.15) is 32.0 Å². The smallest absolute Gasteiger partial charge is 0.412 e. The summed E-state index contributed by atoms with van der Waals surface area (Å²) < 4.78 is 28.5. The van der Waals surface area contributed by atoms with E-state index in [1.54, 1.807) is 0 Å². The lowest BCUT2D eigenvalue weighted by molar-refractivity contribution is -0.156. The molecule has 1 aliphatic heterocycles. The molecule has 9 rings (SSSR count). The van der Waals surface area contributed by atoms with E-state index in [1.165, 1.54) is 56.4 Å². The van der Waals surface area contributed by atoms with Gasteiger partial charge in [0.25, 0.3) is 0 Å². The number of epoxide rings is 1. The average Bonchev–Trinajstić information content (AvgIpc) is 3.73. The number of carbonyl (C=O) groups excluding carboxylic acids is 4. The minimum Gasteiger partial charge on any atom is -0.459 e. The van der Waals surface area contributed by atoms with Crippen LogP contribution in [0.15, 0.2) is 122 Å². The van der Waals surface area contributed by atoms with Gasteiger partial charge in [0.15, 0.2) is 12.2 Å². The molecule has 348 valence electrons. The number of anilines is 1. The lowest BCUT2D eigenvalue weighted by atomic mass is 9.99. The van der Waals surface area contributed by atoms with Crippen LogP contribution in [0.5, 0.6) is 0 Å². The summed E-state index contributed by atoms with van der Waals surface area (Å²) in [5.74, 6) is -1.66. The van der Waals surface area contributed by atoms with E-state index in [2.05, 4.69) is 21.6 Å². The van der Waals surface area contributed by atoms with Crippen LogP contribution in [-0.2, 0) is 96.7 Å². The Balaban J connectivity index is 0.000000173. The van der Waals surface area contributed by atoms with Gasteiger partial charge in [-0.25, -0.2) is 19.2 Å². The van der Waals surface area contributed by atoms with E-state index in [0.717, 1.165) is 60.9 Å². The largest absolute Gasteiger partial charge is 0.459 e. The summed E-state index contributed by atoms with van der Waals surface area (Å²) in [5.41, 5.74) is 9.17. The highest BCUT2D eigenvalue weighted by atomic mass is 16.6. The fourth-order valence-electron chi connectivity index (χ4n) is 7.50. The third-order valence-corrected chi connectivity index (χ3v) is 11.0. The summed E-state index contributed by atoms with van der Waals surface area (Å²) in [4.78, 5) is 48.6. The van der Waals surface area contributed by atoms with E-state index in [1.807, 2.05) is 103 Å². The second-order valence-electron chi connectivity index (χ2n) is 16.0. The van der Waals surface area contributed by atoms with Gasteiger partial charge in [0.05, 0.1) is 48.9 Å². The lowest BCUT2D eigenvalue weighted by Gasteiger charge is -2.20. The molecule has 4 aromatic carbocycles. The molecule has 0 saturated carbocycles. The van der Waals surface area contributed by atoms with Gasteiger partial charge in [0, 0.05) is 12.4 Å². The van der Waals surface area contributed by atoms with Gasteiger partial charge >= 0.3 is 24.0 Å². The Labute approximate surface area is 392 Å². The van der Waals surface area contributed by atoms with E-state index >= 15 is 0 Å². The first-order valence-corrected chi connectivity index (χ1v) is 22.1. The maximum Gasteiger partial charge on any atom is 0.412 e. The van der Waals surface area contributed by atoms with Crippen LogP contribution in [0.4, 0.5) is 10.5 Å². The van der Waals surface area contributed by atoms with Crippen molar-refractivity contribution in [1.82, 2.24) is 19.6 Å². The standard InChI is InChI=1S/C27H26N4O4.C14H13N3O3.C10H10O3/c28-13-19-14-29-31(15-19)16-24(26(32)34-17-18-6-2-1-3-7-18)35-27(33)30-25-22-10-4-8-20(22)12-21-9-5-11-23(21)25;15-6-12-7-16-17(8-12)9-13(18)14(19)20-10-11-4-2-1-3-5-11;11-10(9-7-12-9)13-6-8-4-2-1-3-5-8/h1-3,6-7,12,14-15,24H,4-5,8-11,16-17H2,(H,30,33);1-5,7-8,13,18H,9-10H2;1-5,9H,6-7H2/t24-;13-;9-/m111/s1. The highest BCUT2D eigenvalue weighted by Crippen LogP contribution is 2.38. The number of aliphatic hydroxyl groups excluding tert-OH is 1. The molecule has 0 unspecified atom stereocenters. The molecule has 1 amide bonds. The van der Waals surface area contributed by atoms with Gasteiger partial charge < -0.3 is 28.8 Å². The van der Waals surface area contributed by atoms with E-state index in [9.17, 15) is 24.3 Å². The second kappa shape index (κ2) is 23.9. The van der Waals surface area contributed by atoms with Crippen molar-refractivity contribution in [1.29, 1.82) is 10.5 Å². The number of aryl methyl sites for hydroxylation is 2. The van der Waals surface area contributed by atoms with Crippen molar-refractivity contribution in [2.75, 3.05) is 11.9 Å². The molecule has 3 atom stereocenters. The summed E-state index contributed by atoms with van der Waals surface area (Å²) in [6.07, 6.45) is 8.17. The van der Waals surface area contributed by atoms with Crippen molar-refractivity contribution < 1.29 is 48.0 Å². The number of rotatable bonds is 15. The molecule has 3 aliphatic rings. The quantitative estimate of drug-likeness (QED) is 0.0675. The fourth-order valence-corrected chi connectivity index (χ4v) is 7.50. The molecule has 68 heavy (non-hydrogen) atoms. The molecule has 2 aromatic heterocycles. The van der Waals surface area contributed by atoms with Crippen LogP contribution in [-0.4, -0.2) is 73.6 Å². The zero-order valence-corrected chi connectivity index (χ0v) is 37.1. The molecule has 2 N–H and O–H groups in total. The van der Waals surface area contributed by atoms with Crippen molar-refractivity contribution in [3.63, 3.8) is 0 Å². The number of fused-ring (bicyclic) bond motifs is 2. The predicted molar refractivity (Wildman–Crippen MR) is 243 cm³/mol. The predicted octanol–water partition coefficient (Wildman–Crippen LogP) is 6.08. The third kappa shape index (κ3) is 13.9. The molecule has 6 aromatic rings. The molecule has 17 nitrogen and oxygen atoms in total. The molecular weight excluding hydrogens is 871 g/mol. The Morgan fingerprint density at radius 3 is 1.63 bits per heavy atom. The van der Waals surface area contributed by atoms with Gasteiger partial charge in [0.2, 0.25) is 6.10 Å². The van der Waals surface area contributed by atoms with Gasteiger partial charge in [-0.3, -0.25) is 14.7 Å². The molecule has 2 aliphatic carbocycles. The highest BCUT2D eigenvalue weighted by molar-refractivity contribution is 5.90. The topological polar surface area (TPSA) is 233 Å². The number of carbonyl (C=O) groups is 4. The average molecular weight is 920 g/mol. The molecule has 0 radical (unpaired) electrons. The monoisotopic (exact) mass is 919 g/mol. The Morgan fingerprint density at radius 1 is 0.691 bits per heavy atom. The van der Waals surface area contributed by atoms with Crippen LogP contribution < -0.4 is 5.32 Å². The zero-order chi connectivity index (χ0) is 47.7. The normalized spacial score (nSPS) is 14.6. The number of nitrogens with one attached hydrogen (secondary N) is 1. The molecule has 0 spiro atoms. The first-order chi connectivity index (χ1) is 33.1. The van der Waals surface area contributed by atoms with Crippen LogP contribution in [0.1, 0.15) is 62.9 Å². The van der Waals surface area contributed by atoms with Crippen LogP contribution in [0.3, 0.4) is 0 Å². The summed E-state index contributed by atoms with van der Waals surface area (Å²) in [6.45, 7) is 0.902. The molecule has 1 saturated heterocycles. The Bertz CT molecular complexity index is 2710. The minimum absolute atomic E-state index is 0.0463. The number of nitriles is 2. The number of hydrogen-bond donors (Lipinski definition) is 2. The van der Waals surface area contributed by atoms with Crippen molar-refractivity contribution in [3.8, 4) is 12.1 Å². The summed E-state index contributed by atoms with van der Waals surface area (Å²) in [5, 5.41) is 38.3. The molecular formula is C51H49N7O10. The van der Waals surface area contributed by atoms with Crippen molar-refractivity contribution in [3.05, 3.63) is 172 Å². The van der Waals surface area contributed by atoms with Crippen molar-refractivity contribution >= 4 is 29.7 Å². The summed E-state index contributed by atoms with van der Waals surface area (Å²) in [6, 6.07) is 34.3. The molecule has 1 fully saturated rings. The zero-order valence-electron chi connectivity index (χ0n) is 37.1. The maximum absolute atomic E-state index is 13.0. The molecule has 17 heteroatoms. The van der Waals surface area contributed by atoms with Crippen molar-refractivity contribution in [2.24, 2.45) is 0 Å². The van der Waals surface area contributed by atoms with Crippen LogP contribution >= 0.6 is 0 Å². The van der Waals surface area contributed by atoms with Gasteiger partial charge in [-0.05, 0) is 77.5 Å². The summed E-state index contributed by atoms with van der Waals surface area (Å²) in [7, 11) is 0. The fraction of sp³-hybridized carbons (Fsp3) is 0.294. The van der Waals surface area contributed by atoms with E-state index < -0.39 is 30.2 Å². The number of nitrogens with zero attached hydrogens (tertiary/aromatic N) is 6. The number of amides is 1. The van der Waals surface area contributed by atoms with E-state index in [0.29, 0.717) is 24.3 Å². The lowest BCUT2D eigenvalue weighted by Crippen LogP contribution is -2.35.